The van der Waals surface area contributed by atoms with Crippen LogP contribution in [0.1, 0.15) is 62.1 Å². The fraction of sp³-hybridized carbons (Fsp3) is 0.571. The summed E-state index contributed by atoms with van der Waals surface area (Å²) in [6, 6.07) is 5.86. The molecule has 0 bridgehead atoms. The molecule has 1 aliphatic heterocycles. The number of piperidine rings is 1. The lowest BCUT2D eigenvalue weighted by molar-refractivity contribution is 0.0944. The van der Waals surface area contributed by atoms with Gasteiger partial charge in [0.05, 0.1) is 12.1 Å². The highest BCUT2D eigenvalue weighted by atomic mass is 35.5. The summed E-state index contributed by atoms with van der Waals surface area (Å²) in [5, 5.41) is 10.8. The molecule has 1 aliphatic rings. The Labute approximate surface area is 179 Å². The molecule has 0 aliphatic carbocycles. The topological polar surface area (TPSA) is 81.1 Å². The number of rotatable bonds is 8. The van der Waals surface area contributed by atoms with Crippen LogP contribution in [0.15, 0.2) is 30.6 Å². The van der Waals surface area contributed by atoms with E-state index in [1.54, 1.807) is 12.3 Å². The number of pyridine rings is 1. The van der Waals surface area contributed by atoms with E-state index in [9.17, 15) is 4.79 Å². The minimum Gasteiger partial charge on any atom is -0.475 e. The maximum absolute atomic E-state index is 12.4. The van der Waals surface area contributed by atoms with Crippen molar-refractivity contribution in [2.75, 3.05) is 13.1 Å². The lowest BCUT2D eigenvalue weighted by Gasteiger charge is -2.22. The molecular weight excluding hydrogens is 390 g/mol. The van der Waals surface area contributed by atoms with Crippen molar-refractivity contribution in [1.82, 2.24) is 25.4 Å². The molecule has 3 rings (SSSR count). The van der Waals surface area contributed by atoms with E-state index in [0.717, 1.165) is 37.9 Å². The molecule has 2 aromatic rings. The first-order valence-corrected chi connectivity index (χ1v) is 10.2. The summed E-state index contributed by atoms with van der Waals surface area (Å²) in [7, 11) is 0. The highest BCUT2D eigenvalue weighted by Crippen LogP contribution is 2.17. The van der Waals surface area contributed by atoms with Gasteiger partial charge in [0.2, 0.25) is 5.88 Å². The Kier molecular flexibility index (Phi) is 8.92. The molecule has 29 heavy (non-hydrogen) atoms. The predicted octanol–water partition coefficient (Wildman–Crippen LogP) is 3.37. The number of carbonyl (C=O) groups excluding carboxylic acids is 1. The lowest BCUT2D eigenvalue weighted by Crippen LogP contribution is -2.32. The summed E-state index contributed by atoms with van der Waals surface area (Å²) < 4.78 is 7.78. The van der Waals surface area contributed by atoms with Crippen molar-refractivity contribution in [3.8, 4) is 5.88 Å². The van der Waals surface area contributed by atoms with Gasteiger partial charge in [-0.05, 0) is 56.3 Å². The van der Waals surface area contributed by atoms with E-state index in [1.807, 2.05) is 29.9 Å². The molecule has 8 heteroatoms. The zero-order valence-corrected chi connectivity index (χ0v) is 18.2. The van der Waals surface area contributed by atoms with Crippen molar-refractivity contribution in [1.29, 1.82) is 0 Å². The van der Waals surface area contributed by atoms with Gasteiger partial charge in [0.15, 0.2) is 0 Å². The summed E-state index contributed by atoms with van der Waals surface area (Å²) in [6.45, 7) is 8.76. The molecule has 0 radical (unpaired) electrons. The van der Waals surface area contributed by atoms with Gasteiger partial charge in [0, 0.05) is 31.5 Å². The Morgan fingerprint density at radius 1 is 1.38 bits per heavy atom. The van der Waals surface area contributed by atoms with Gasteiger partial charge in [-0.25, -0.2) is 4.98 Å². The van der Waals surface area contributed by atoms with Crippen LogP contribution in [0, 0.1) is 5.92 Å². The Morgan fingerprint density at radius 2 is 2.21 bits per heavy atom. The number of carbonyl (C=O) groups is 1. The Bertz CT molecular complexity index is 774. The van der Waals surface area contributed by atoms with Gasteiger partial charge in [-0.2, -0.15) is 5.10 Å². The molecule has 2 unspecified atom stereocenters. The zero-order valence-electron chi connectivity index (χ0n) is 17.4. The molecule has 160 valence electrons. The van der Waals surface area contributed by atoms with Crippen LogP contribution in [0.4, 0.5) is 0 Å². The van der Waals surface area contributed by atoms with Crippen molar-refractivity contribution in [2.24, 2.45) is 5.92 Å². The Hall–Kier alpha value is -2.12. The Balaban J connectivity index is 0.00000300. The predicted molar refractivity (Wildman–Crippen MR) is 116 cm³/mol. The average Bonchev–Trinajstić information content (AvgIpc) is 3.17. The van der Waals surface area contributed by atoms with Crippen molar-refractivity contribution < 1.29 is 9.53 Å². The second-order valence-electron chi connectivity index (χ2n) is 7.92. The number of amides is 1. The first kappa shape index (κ1) is 23.2. The highest BCUT2D eigenvalue weighted by molar-refractivity contribution is 5.92. The molecule has 1 amide bonds. The van der Waals surface area contributed by atoms with Crippen molar-refractivity contribution >= 4 is 18.3 Å². The lowest BCUT2D eigenvalue weighted by atomic mass is 10.1. The third-order valence-electron chi connectivity index (χ3n) is 4.86. The molecule has 2 N–H and O–H groups in total. The van der Waals surface area contributed by atoms with Gasteiger partial charge < -0.3 is 15.4 Å². The number of hydrogen-bond donors (Lipinski definition) is 2. The van der Waals surface area contributed by atoms with Crippen LogP contribution in [-0.2, 0) is 6.54 Å². The number of halogens is 1. The maximum Gasteiger partial charge on any atom is 0.272 e. The van der Waals surface area contributed by atoms with Crippen molar-refractivity contribution in [3.63, 3.8) is 0 Å². The minimum atomic E-state index is -0.171. The number of nitrogens with zero attached hydrogens (tertiary/aromatic N) is 3. The van der Waals surface area contributed by atoms with E-state index in [2.05, 4.69) is 34.6 Å². The van der Waals surface area contributed by atoms with Gasteiger partial charge in [-0.1, -0.05) is 13.8 Å². The van der Waals surface area contributed by atoms with Gasteiger partial charge in [0.1, 0.15) is 5.69 Å². The number of nitrogens with one attached hydrogen (secondary N) is 2. The Morgan fingerprint density at radius 3 is 2.93 bits per heavy atom. The summed E-state index contributed by atoms with van der Waals surface area (Å²) in [5.41, 5.74) is 1.40. The molecule has 2 aromatic heterocycles. The van der Waals surface area contributed by atoms with Gasteiger partial charge in [-0.3, -0.25) is 9.48 Å². The maximum atomic E-state index is 12.4. The van der Waals surface area contributed by atoms with Crippen LogP contribution in [-0.4, -0.2) is 39.9 Å². The van der Waals surface area contributed by atoms with Crippen LogP contribution in [0.25, 0.3) is 0 Å². The molecule has 7 nitrogen and oxygen atoms in total. The number of hydrogen-bond acceptors (Lipinski definition) is 5. The van der Waals surface area contributed by atoms with Crippen molar-refractivity contribution in [3.05, 3.63) is 41.9 Å². The third-order valence-corrected chi connectivity index (χ3v) is 4.86. The molecule has 2 atom stereocenters. The molecule has 0 spiro atoms. The fourth-order valence-electron chi connectivity index (χ4n) is 3.54. The van der Waals surface area contributed by atoms with Gasteiger partial charge in [-0.15, -0.1) is 12.4 Å². The van der Waals surface area contributed by atoms with E-state index in [-0.39, 0.29) is 24.4 Å². The number of aromatic nitrogens is 3. The summed E-state index contributed by atoms with van der Waals surface area (Å²) in [4.78, 5) is 16.7. The smallest absolute Gasteiger partial charge is 0.272 e. The second-order valence-corrected chi connectivity index (χ2v) is 7.92. The normalized spacial score (nSPS) is 17.4. The average molecular weight is 422 g/mol. The minimum absolute atomic E-state index is 0. The zero-order chi connectivity index (χ0) is 19.9. The van der Waals surface area contributed by atoms with E-state index in [4.69, 9.17) is 4.74 Å². The second kappa shape index (κ2) is 11.2. The summed E-state index contributed by atoms with van der Waals surface area (Å²) in [5.74, 6) is 0.991. The largest absolute Gasteiger partial charge is 0.475 e. The van der Waals surface area contributed by atoms with Crippen LogP contribution in [0.5, 0.6) is 5.88 Å². The van der Waals surface area contributed by atoms with Crippen LogP contribution in [0.3, 0.4) is 0 Å². The van der Waals surface area contributed by atoms with Crippen LogP contribution < -0.4 is 15.4 Å². The quantitative estimate of drug-likeness (QED) is 0.683. The van der Waals surface area contributed by atoms with E-state index in [0.29, 0.717) is 30.1 Å². The van der Waals surface area contributed by atoms with E-state index >= 15 is 0 Å². The van der Waals surface area contributed by atoms with Gasteiger partial charge in [0.25, 0.3) is 5.91 Å². The fourth-order valence-corrected chi connectivity index (χ4v) is 3.54. The molecule has 1 saturated heterocycles. The van der Waals surface area contributed by atoms with Crippen LogP contribution in [0.2, 0.25) is 0 Å². The molecule has 3 heterocycles. The van der Waals surface area contributed by atoms with E-state index in [1.165, 1.54) is 0 Å². The molecule has 1 fully saturated rings. The first-order valence-electron chi connectivity index (χ1n) is 10.2. The molecule has 0 aromatic carbocycles. The molecular formula is C21H32ClN5O2. The van der Waals surface area contributed by atoms with Crippen molar-refractivity contribution in [2.45, 2.75) is 58.7 Å². The first-order chi connectivity index (χ1) is 13.5. The third kappa shape index (κ3) is 7.01. The van der Waals surface area contributed by atoms with Crippen LogP contribution >= 0.6 is 12.4 Å². The highest BCUT2D eigenvalue weighted by Gasteiger charge is 2.17. The van der Waals surface area contributed by atoms with Gasteiger partial charge >= 0.3 is 0 Å². The standard InChI is InChI=1S/C21H31N5O2.ClH/c1-15(2)11-16(3)28-20-12-17(6-9-23-20)13-24-21(27)19-7-10-26(25-19)18-5-4-8-22-14-18;/h6-7,9-10,12,15-16,18,22H,4-5,8,11,13-14H2,1-3H3,(H,24,27);1H. The number of ether oxygens (including phenoxy) is 1. The SMILES string of the molecule is CC(C)CC(C)Oc1cc(CNC(=O)c2ccn(C3CCCNC3)n2)ccn1.Cl. The summed E-state index contributed by atoms with van der Waals surface area (Å²) >= 11 is 0. The van der Waals surface area contributed by atoms with E-state index < -0.39 is 0 Å². The molecule has 0 saturated carbocycles. The summed E-state index contributed by atoms with van der Waals surface area (Å²) in [6.07, 6.45) is 6.90. The monoisotopic (exact) mass is 421 g/mol.